The van der Waals surface area contributed by atoms with E-state index < -0.39 is 0 Å². The van der Waals surface area contributed by atoms with Gasteiger partial charge in [-0.1, -0.05) is 80.6 Å². The first kappa shape index (κ1) is 21.8. The molecule has 1 unspecified atom stereocenters. The first-order valence-corrected chi connectivity index (χ1v) is 12.7. The Morgan fingerprint density at radius 1 is 0.548 bits per heavy atom. The third kappa shape index (κ3) is 5.44. The van der Waals surface area contributed by atoms with Gasteiger partial charge in [-0.25, -0.2) is 0 Å². The molecule has 0 aliphatic carbocycles. The van der Waals surface area contributed by atoms with E-state index in [-0.39, 0.29) is 16.3 Å². The van der Waals surface area contributed by atoms with Crippen LogP contribution in [-0.2, 0) is 16.3 Å². The van der Waals surface area contributed by atoms with Crippen LogP contribution < -0.4 is 0 Å². The predicted octanol–water partition coefficient (Wildman–Crippen LogP) is 8.54. The number of hydrogen-bond donors (Lipinski definition) is 0. The van der Waals surface area contributed by atoms with E-state index in [0.29, 0.717) is 0 Å². The van der Waals surface area contributed by atoms with Crippen molar-refractivity contribution in [2.75, 3.05) is 0 Å². The molecule has 0 heterocycles. The zero-order valence-electron chi connectivity index (χ0n) is 18.6. The maximum absolute atomic E-state index is 2.29. The normalized spacial score (nSPS) is 12.5. The van der Waals surface area contributed by atoms with Crippen LogP contribution in [0.25, 0.3) is 0 Å². The van der Waals surface area contributed by atoms with Crippen LogP contribution in [0.5, 0.6) is 0 Å². The van der Waals surface area contributed by atoms with Gasteiger partial charge in [0.15, 0.2) is 14.7 Å². The number of hydrogen-bond acceptors (Lipinski definition) is 1. The van der Waals surface area contributed by atoms with Crippen molar-refractivity contribution in [3.63, 3.8) is 0 Å². The van der Waals surface area contributed by atoms with Crippen LogP contribution >= 0.6 is 11.8 Å². The van der Waals surface area contributed by atoms with Crippen molar-refractivity contribution in [2.45, 2.75) is 57.6 Å². The molecule has 0 aliphatic heterocycles. The largest absolute Gasteiger partial charge is 0.166 e. The molecule has 0 amide bonds. The predicted molar refractivity (Wildman–Crippen MR) is 135 cm³/mol. The topological polar surface area (TPSA) is 0 Å². The molecule has 0 nitrogen and oxygen atoms in total. The van der Waals surface area contributed by atoms with Gasteiger partial charge in [0, 0.05) is 9.79 Å². The van der Waals surface area contributed by atoms with E-state index in [1.807, 2.05) is 11.8 Å². The monoisotopic (exact) mass is 441 g/mol. The summed E-state index contributed by atoms with van der Waals surface area (Å²) in [5.41, 5.74) is 2.86. The maximum Gasteiger partial charge on any atom is 0.166 e. The van der Waals surface area contributed by atoms with Gasteiger partial charge in [-0.05, 0) is 78.6 Å². The van der Waals surface area contributed by atoms with Gasteiger partial charge in [0.05, 0.1) is 10.9 Å². The highest BCUT2D eigenvalue weighted by Gasteiger charge is 2.28. The Kier molecular flexibility index (Phi) is 6.60. The van der Waals surface area contributed by atoms with E-state index in [4.69, 9.17) is 0 Å². The molecule has 4 aromatic rings. The SMILES string of the molecule is Cc1ccc([S+](c2ccccc2)c2ccc(Sc3ccc(C(C)(C)C)cc3)cc2)cc1. The van der Waals surface area contributed by atoms with Gasteiger partial charge in [0.2, 0.25) is 0 Å². The van der Waals surface area contributed by atoms with Gasteiger partial charge in [0.25, 0.3) is 0 Å². The molecule has 0 N–H and O–H groups in total. The summed E-state index contributed by atoms with van der Waals surface area (Å²) in [5, 5.41) is 0. The maximum atomic E-state index is 2.29. The van der Waals surface area contributed by atoms with Crippen LogP contribution in [0.4, 0.5) is 0 Å². The van der Waals surface area contributed by atoms with Crippen molar-refractivity contribution in [1.82, 2.24) is 0 Å². The Hall–Kier alpha value is -2.42. The minimum absolute atomic E-state index is 0.100. The van der Waals surface area contributed by atoms with Crippen LogP contribution in [0, 0.1) is 6.92 Å². The van der Waals surface area contributed by atoms with E-state index in [9.17, 15) is 0 Å². The lowest BCUT2D eigenvalue weighted by atomic mass is 9.87. The van der Waals surface area contributed by atoms with E-state index in [0.717, 1.165) is 0 Å². The highest BCUT2D eigenvalue weighted by molar-refractivity contribution is 7.99. The second-order valence-electron chi connectivity index (χ2n) is 8.78. The summed E-state index contributed by atoms with van der Waals surface area (Å²) in [6, 6.07) is 37.9. The molecule has 156 valence electrons. The second kappa shape index (κ2) is 9.38. The average molecular weight is 442 g/mol. The molecule has 2 heteroatoms. The molecule has 4 aromatic carbocycles. The lowest BCUT2D eigenvalue weighted by Gasteiger charge is -2.19. The summed E-state index contributed by atoms with van der Waals surface area (Å²) < 4.78 is 0. The Bertz CT molecular complexity index is 1100. The van der Waals surface area contributed by atoms with Gasteiger partial charge in [0.1, 0.15) is 0 Å². The van der Waals surface area contributed by atoms with Crippen molar-refractivity contribution >= 4 is 22.7 Å². The average Bonchev–Trinajstić information content (AvgIpc) is 2.77. The molecule has 0 saturated heterocycles. The smallest absolute Gasteiger partial charge is 0.0901 e. The highest BCUT2D eigenvalue weighted by Crippen LogP contribution is 2.34. The zero-order chi connectivity index (χ0) is 21.8. The molecule has 1 atom stereocenters. The van der Waals surface area contributed by atoms with Crippen LogP contribution in [0.3, 0.4) is 0 Å². The van der Waals surface area contributed by atoms with Crippen molar-refractivity contribution in [1.29, 1.82) is 0 Å². The Labute approximate surface area is 194 Å². The summed E-state index contributed by atoms with van der Waals surface area (Å²) >= 11 is 1.82. The highest BCUT2D eigenvalue weighted by atomic mass is 32.2. The van der Waals surface area contributed by atoms with E-state index >= 15 is 0 Å². The van der Waals surface area contributed by atoms with Crippen LogP contribution in [0.15, 0.2) is 128 Å². The van der Waals surface area contributed by atoms with Crippen LogP contribution in [0.1, 0.15) is 31.9 Å². The number of benzene rings is 4. The molecular weight excluding hydrogens is 412 g/mol. The van der Waals surface area contributed by atoms with Crippen LogP contribution in [0.2, 0.25) is 0 Å². The minimum atomic E-state index is -0.100. The molecule has 0 fully saturated rings. The number of aryl methyl sites for hydroxylation is 1. The fraction of sp³-hybridized carbons (Fsp3) is 0.172. The first-order valence-electron chi connectivity index (χ1n) is 10.6. The van der Waals surface area contributed by atoms with Crippen molar-refractivity contribution < 1.29 is 0 Å². The third-order valence-electron chi connectivity index (χ3n) is 5.25. The second-order valence-corrected chi connectivity index (χ2v) is 12.0. The Balaban J connectivity index is 1.59. The van der Waals surface area contributed by atoms with Crippen molar-refractivity contribution in [3.05, 3.63) is 114 Å². The summed E-state index contributed by atoms with van der Waals surface area (Å²) in [6.45, 7) is 8.91. The summed E-state index contributed by atoms with van der Waals surface area (Å²) in [7, 11) is -0.100. The van der Waals surface area contributed by atoms with Gasteiger partial charge in [-0.2, -0.15) is 0 Å². The Morgan fingerprint density at radius 2 is 1.00 bits per heavy atom. The first-order chi connectivity index (χ1) is 14.9. The molecule has 31 heavy (non-hydrogen) atoms. The van der Waals surface area contributed by atoms with Crippen molar-refractivity contribution in [2.24, 2.45) is 0 Å². The van der Waals surface area contributed by atoms with E-state index in [1.54, 1.807) is 0 Å². The molecule has 0 saturated carbocycles. The molecule has 4 rings (SSSR count). The third-order valence-corrected chi connectivity index (χ3v) is 8.50. The fourth-order valence-corrected chi connectivity index (χ4v) is 6.32. The molecule has 0 radical (unpaired) electrons. The van der Waals surface area contributed by atoms with Gasteiger partial charge in [-0.15, -0.1) is 0 Å². The molecule has 0 aromatic heterocycles. The minimum Gasteiger partial charge on any atom is -0.0901 e. The molecule has 0 bridgehead atoms. The summed E-state index contributed by atoms with van der Waals surface area (Å²) in [5.74, 6) is 0. The summed E-state index contributed by atoms with van der Waals surface area (Å²) in [4.78, 5) is 6.61. The Morgan fingerprint density at radius 3 is 1.52 bits per heavy atom. The van der Waals surface area contributed by atoms with Gasteiger partial charge < -0.3 is 0 Å². The van der Waals surface area contributed by atoms with Crippen LogP contribution in [-0.4, -0.2) is 0 Å². The van der Waals surface area contributed by atoms with E-state index in [2.05, 4.69) is 131 Å². The van der Waals surface area contributed by atoms with Crippen molar-refractivity contribution in [3.8, 4) is 0 Å². The molecular formula is C29H29S2+. The lowest BCUT2D eigenvalue weighted by Crippen LogP contribution is -2.10. The summed E-state index contributed by atoms with van der Waals surface area (Å²) in [6.07, 6.45) is 0. The number of rotatable bonds is 5. The standard InChI is InChI=1S/C29H29S2/c1-22-10-18-27(19-11-22)31(26-8-6-5-7-9-26)28-20-16-25(17-21-28)30-24-14-12-23(13-15-24)29(2,3)4/h5-21H,1-4H3/q+1. The van der Waals surface area contributed by atoms with Gasteiger partial charge >= 0.3 is 0 Å². The molecule has 0 spiro atoms. The van der Waals surface area contributed by atoms with Gasteiger partial charge in [-0.3, -0.25) is 0 Å². The zero-order valence-corrected chi connectivity index (χ0v) is 20.3. The lowest BCUT2D eigenvalue weighted by molar-refractivity contribution is 0.590. The fourth-order valence-electron chi connectivity index (χ4n) is 3.44. The quantitative estimate of drug-likeness (QED) is 0.280. The van der Waals surface area contributed by atoms with E-state index in [1.165, 1.54) is 35.6 Å². The molecule has 0 aliphatic rings.